The second kappa shape index (κ2) is 9.25. The number of amides is 1. The van der Waals surface area contributed by atoms with Crippen LogP contribution in [-0.4, -0.2) is 34.2 Å². The van der Waals surface area contributed by atoms with Crippen LogP contribution in [0.2, 0.25) is 5.02 Å². The van der Waals surface area contributed by atoms with Gasteiger partial charge in [0.2, 0.25) is 0 Å². The Labute approximate surface area is 169 Å². The second-order valence-electron chi connectivity index (χ2n) is 6.28. The summed E-state index contributed by atoms with van der Waals surface area (Å²) in [5.74, 6) is -2.79. The Morgan fingerprint density at radius 2 is 1.72 bits per heavy atom. The van der Waals surface area contributed by atoms with E-state index in [2.05, 4.69) is 0 Å². The first kappa shape index (κ1) is 22.7. The van der Waals surface area contributed by atoms with Crippen LogP contribution < -0.4 is 11.1 Å². The first-order chi connectivity index (χ1) is 13.5. The van der Waals surface area contributed by atoms with Crippen LogP contribution in [0.15, 0.2) is 48.5 Å². The van der Waals surface area contributed by atoms with Gasteiger partial charge in [0.15, 0.2) is 6.04 Å². The lowest BCUT2D eigenvalue weighted by atomic mass is 10.00. The number of halogens is 4. The summed E-state index contributed by atoms with van der Waals surface area (Å²) in [4.78, 5) is 23.9. The minimum absolute atomic E-state index is 0.122. The molecule has 0 spiro atoms. The van der Waals surface area contributed by atoms with Gasteiger partial charge in [0.25, 0.3) is 5.91 Å². The molecule has 0 radical (unpaired) electrons. The number of aliphatic hydroxyl groups is 1. The molecule has 29 heavy (non-hydrogen) atoms. The highest BCUT2D eigenvalue weighted by molar-refractivity contribution is 6.32. The number of rotatable bonds is 7. The van der Waals surface area contributed by atoms with Crippen molar-refractivity contribution in [2.45, 2.75) is 30.8 Å². The number of carbonyl (C=O) groups is 2. The third kappa shape index (κ3) is 5.69. The first-order valence-corrected chi connectivity index (χ1v) is 8.76. The van der Waals surface area contributed by atoms with Gasteiger partial charge in [0, 0.05) is 11.6 Å². The summed E-state index contributed by atoms with van der Waals surface area (Å²) in [7, 11) is 0. The molecule has 156 valence electrons. The summed E-state index contributed by atoms with van der Waals surface area (Å²) in [5.41, 5.74) is 4.85. The number of carboxylic acids is 1. The van der Waals surface area contributed by atoms with Crippen molar-refractivity contribution in [2.75, 3.05) is 0 Å². The van der Waals surface area contributed by atoms with Crippen LogP contribution in [-0.2, 0) is 22.2 Å². The van der Waals surface area contributed by atoms with E-state index in [0.717, 1.165) is 17.7 Å². The molecule has 3 atom stereocenters. The Balaban J connectivity index is 2.20. The number of alkyl halides is 3. The zero-order chi connectivity index (χ0) is 21.8. The Kier molecular flexibility index (Phi) is 7.23. The molecule has 2 rings (SSSR count). The lowest BCUT2D eigenvalue weighted by Gasteiger charge is -2.23. The molecule has 5 N–H and O–H groups in total. The van der Waals surface area contributed by atoms with E-state index >= 15 is 0 Å². The standard InChI is InChI=1S/C19H18ClF3N2O4/c20-14-11(7-4-8-12(14)19(21,22)23)15(18(28)29)25-17(27)16(26)13(24)9-10-5-2-1-3-6-10/h1-8,13,15-16,26H,9,24H2,(H,25,27)(H,28,29)/t13-,15+,16+/m1/s1. The van der Waals surface area contributed by atoms with Crippen molar-refractivity contribution in [2.24, 2.45) is 5.73 Å². The van der Waals surface area contributed by atoms with Gasteiger partial charge in [-0.1, -0.05) is 54.1 Å². The molecule has 0 heterocycles. The monoisotopic (exact) mass is 430 g/mol. The number of aliphatic carboxylic acids is 1. The second-order valence-corrected chi connectivity index (χ2v) is 6.66. The Hall–Kier alpha value is -2.62. The molecular formula is C19H18ClF3N2O4. The Morgan fingerprint density at radius 3 is 2.28 bits per heavy atom. The average Bonchev–Trinajstić information content (AvgIpc) is 2.65. The Morgan fingerprint density at radius 1 is 1.10 bits per heavy atom. The van der Waals surface area contributed by atoms with E-state index in [9.17, 15) is 33.0 Å². The SMILES string of the molecule is N[C@H](Cc1ccccc1)[C@H](O)C(=O)N[C@H](C(=O)O)c1cccc(C(F)(F)F)c1Cl. The van der Waals surface area contributed by atoms with Crippen LogP contribution in [0.3, 0.4) is 0 Å². The molecule has 0 aliphatic heterocycles. The van der Waals surface area contributed by atoms with Crippen molar-refractivity contribution < 1.29 is 33.0 Å². The van der Waals surface area contributed by atoms with Crippen molar-refractivity contribution in [3.63, 3.8) is 0 Å². The number of hydrogen-bond acceptors (Lipinski definition) is 4. The number of carbonyl (C=O) groups excluding carboxylic acids is 1. The molecule has 0 aromatic heterocycles. The molecule has 1 amide bonds. The molecule has 0 unspecified atom stereocenters. The van der Waals surface area contributed by atoms with Gasteiger partial charge < -0.3 is 21.3 Å². The maximum atomic E-state index is 13.0. The summed E-state index contributed by atoms with van der Waals surface area (Å²) < 4.78 is 39.1. The van der Waals surface area contributed by atoms with Crippen molar-refractivity contribution in [3.8, 4) is 0 Å². The smallest absolute Gasteiger partial charge is 0.417 e. The number of hydrogen-bond donors (Lipinski definition) is 4. The summed E-state index contributed by atoms with van der Waals surface area (Å²) in [6.45, 7) is 0. The van der Waals surface area contributed by atoms with E-state index in [4.69, 9.17) is 17.3 Å². The van der Waals surface area contributed by atoms with Crippen LogP contribution in [0, 0.1) is 0 Å². The molecule has 10 heteroatoms. The number of nitrogens with two attached hydrogens (primary N) is 1. The fourth-order valence-corrected chi connectivity index (χ4v) is 3.03. The number of carboxylic acid groups (broad SMARTS) is 1. The minimum atomic E-state index is -4.81. The highest BCUT2D eigenvalue weighted by atomic mass is 35.5. The maximum Gasteiger partial charge on any atom is 0.417 e. The minimum Gasteiger partial charge on any atom is -0.479 e. The van der Waals surface area contributed by atoms with Gasteiger partial charge in [0.1, 0.15) is 6.10 Å². The maximum absolute atomic E-state index is 13.0. The highest BCUT2D eigenvalue weighted by Gasteiger charge is 2.37. The van der Waals surface area contributed by atoms with E-state index in [1.807, 2.05) is 5.32 Å². The fraction of sp³-hybridized carbons (Fsp3) is 0.263. The quantitative estimate of drug-likeness (QED) is 0.539. The molecule has 0 saturated heterocycles. The molecule has 0 saturated carbocycles. The van der Waals surface area contributed by atoms with Gasteiger partial charge >= 0.3 is 12.1 Å². The van der Waals surface area contributed by atoms with E-state index in [1.54, 1.807) is 30.3 Å². The van der Waals surface area contributed by atoms with Gasteiger partial charge in [-0.3, -0.25) is 4.79 Å². The summed E-state index contributed by atoms with van der Waals surface area (Å²) in [6.07, 6.45) is -6.48. The van der Waals surface area contributed by atoms with Crippen molar-refractivity contribution in [3.05, 3.63) is 70.2 Å². The largest absolute Gasteiger partial charge is 0.479 e. The van der Waals surface area contributed by atoms with Gasteiger partial charge in [-0.15, -0.1) is 0 Å². The molecular weight excluding hydrogens is 413 g/mol. The average molecular weight is 431 g/mol. The molecule has 0 aliphatic carbocycles. The zero-order valence-electron chi connectivity index (χ0n) is 14.9. The van der Waals surface area contributed by atoms with Gasteiger partial charge in [-0.25, -0.2) is 4.79 Å². The van der Waals surface area contributed by atoms with Crippen LogP contribution >= 0.6 is 11.6 Å². The van der Waals surface area contributed by atoms with Crippen LogP contribution in [0.4, 0.5) is 13.2 Å². The number of benzene rings is 2. The molecule has 0 bridgehead atoms. The van der Waals surface area contributed by atoms with E-state index in [0.29, 0.717) is 6.07 Å². The number of nitrogens with one attached hydrogen (secondary N) is 1. The van der Waals surface area contributed by atoms with Crippen molar-refractivity contribution >= 4 is 23.5 Å². The van der Waals surface area contributed by atoms with Gasteiger partial charge in [-0.2, -0.15) is 13.2 Å². The first-order valence-electron chi connectivity index (χ1n) is 8.38. The topological polar surface area (TPSA) is 113 Å². The molecule has 2 aromatic rings. The van der Waals surface area contributed by atoms with E-state index < -0.39 is 52.4 Å². The third-order valence-corrected chi connectivity index (χ3v) is 4.59. The molecule has 2 aromatic carbocycles. The summed E-state index contributed by atoms with van der Waals surface area (Å²) in [5, 5.41) is 20.7. The lowest BCUT2D eigenvalue weighted by molar-refractivity contribution is -0.144. The Bertz CT molecular complexity index is 878. The summed E-state index contributed by atoms with van der Waals surface area (Å²) >= 11 is 5.74. The van der Waals surface area contributed by atoms with Crippen LogP contribution in [0.25, 0.3) is 0 Å². The van der Waals surface area contributed by atoms with Crippen LogP contribution in [0.1, 0.15) is 22.7 Å². The third-order valence-electron chi connectivity index (χ3n) is 4.17. The predicted octanol–water partition coefficient (Wildman–Crippen LogP) is 2.53. The van der Waals surface area contributed by atoms with E-state index in [1.165, 1.54) is 0 Å². The van der Waals surface area contributed by atoms with Gasteiger partial charge in [-0.05, 0) is 18.1 Å². The molecule has 0 fully saturated rings. The van der Waals surface area contributed by atoms with Crippen LogP contribution in [0.5, 0.6) is 0 Å². The summed E-state index contributed by atoms with van der Waals surface area (Å²) in [6, 6.07) is 8.46. The lowest BCUT2D eigenvalue weighted by Crippen LogP contribution is -2.49. The molecule has 6 nitrogen and oxygen atoms in total. The molecule has 0 aliphatic rings. The highest BCUT2D eigenvalue weighted by Crippen LogP contribution is 2.38. The zero-order valence-corrected chi connectivity index (χ0v) is 15.6. The fourth-order valence-electron chi connectivity index (χ4n) is 2.68. The van der Waals surface area contributed by atoms with Gasteiger partial charge in [0.05, 0.1) is 10.6 Å². The predicted molar refractivity (Wildman–Crippen MR) is 99.1 cm³/mol. The van der Waals surface area contributed by atoms with Crippen molar-refractivity contribution in [1.29, 1.82) is 0 Å². The normalized spacial score (nSPS) is 14.7. The van der Waals surface area contributed by atoms with E-state index in [-0.39, 0.29) is 6.42 Å². The number of aliphatic hydroxyl groups excluding tert-OH is 1. The van der Waals surface area contributed by atoms with Crippen molar-refractivity contribution in [1.82, 2.24) is 5.32 Å².